The van der Waals surface area contributed by atoms with Gasteiger partial charge in [0.1, 0.15) is 0 Å². The zero-order valence-corrected chi connectivity index (χ0v) is 13.4. The number of rotatable bonds is 4. The van der Waals surface area contributed by atoms with Gasteiger partial charge in [-0.25, -0.2) is 0 Å². The van der Waals surface area contributed by atoms with Crippen molar-refractivity contribution in [2.75, 3.05) is 31.6 Å². The van der Waals surface area contributed by atoms with Crippen molar-refractivity contribution < 1.29 is 0 Å². The number of hydrogen-bond donors (Lipinski definition) is 1. The molecule has 3 heteroatoms. The minimum atomic E-state index is 0.653. The van der Waals surface area contributed by atoms with Gasteiger partial charge in [0, 0.05) is 31.4 Å². The van der Waals surface area contributed by atoms with Gasteiger partial charge in [0.05, 0.1) is 0 Å². The van der Waals surface area contributed by atoms with E-state index >= 15 is 0 Å². The van der Waals surface area contributed by atoms with Gasteiger partial charge in [-0.1, -0.05) is 18.6 Å². The molecule has 0 bridgehead atoms. The zero-order valence-electron chi connectivity index (χ0n) is 13.4. The first-order valence-corrected chi connectivity index (χ1v) is 8.55. The minimum absolute atomic E-state index is 0.653. The molecule has 2 aliphatic rings. The minimum Gasteiger partial charge on any atom is -0.371 e. The van der Waals surface area contributed by atoms with Crippen molar-refractivity contribution in [3.05, 3.63) is 29.3 Å². The second-order valence-electron chi connectivity index (χ2n) is 6.68. The number of aryl methyl sites for hydroxylation is 1. The molecule has 21 heavy (non-hydrogen) atoms. The van der Waals surface area contributed by atoms with Crippen LogP contribution < -0.4 is 10.6 Å². The first kappa shape index (κ1) is 14.9. The third kappa shape index (κ3) is 3.41. The molecule has 0 amide bonds. The van der Waals surface area contributed by atoms with E-state index in [0.717, 1.165) is 6.04 Å². The third-order valence-electron chi connectivity index (χ3n) is 5.25. The Kier molecular flexibility index (Phi) is 4.81. The van der Waals surface area contributed by atoms with Crippen LogP contribution in [0.5, 0.6) is 0 Å². The van der Waals surface area contributed by atoms with Crippen molar-refractivity contribution in [1.29, 1.82) is 0 Å². The highest BCUT2D eigenvalue weighted by Crippen LogP contribution is 2.29. The maximum atomic E-state index is 5.77. The van der Waals surface area contributed by atoms with E-state index in [1.165, 1.54) is 75.0 Å². The molecule has 1 aromatic carbocycles. The van der Waals surface area contributed by atoms with Gasteiger partial charge in [0.15, 0.2) is 0 Å². The summed E-state index contributed by atoms with van der Waals surface area (Å²) in [5.74, 6) is 0. The number of nitrogens with two attached hydrogens (primary N) is 1. The zero-order chi connectivity index (χ0) is 14.7. The molecule has 1 fully saturated rings. The van der Waals surface area contributed by atoms with Crippen molar-refractivity contribution >= 4 is 5.69 Å². The molecule has 0 spiro atoms. The number of likely N-dealkylation sites (tertiary alicyclic amines) is 1. The lowest BCUT2D eigenvalue weighted by Crippen LogP contribution is -2.40. The SMILES string of the molecule is CN1CCCCC1CCN1CCCc2cc(CN)ccc21. The lowest BCUT2D eigenvalue weighted by atomic mass is 9.97. The van der Waals surface area contributed by atoms with Gasteiger partial charge in [-0.3, -0.25) is 0 Å². The van der Waals surface area contributed by atoms with Gasteiger partial charge >= 0.3 is 0 Å². The van der Waals surface area contributed by atoms with Gasteiger partial charge in [-0.2, -0.15) is 0 Å². The van der Waals surface area contributed by atoms with E-state index in [4.69, 9.17) is 5.73 Å². The molecule has 2 aliphatic heterocycles. The summed E-state index contributed by atoms with van der Waals surface area (Å²) in [5.41, 5.74) is 9.99. The van der Waals surface area contributed by atoms with Crippen LogP contribution in [0, 0.1) is 0 Å². The van der Waals surface area contributed by atoms with Gasteiger partial charge < -0.3 is 15.5 Å². The second-order valence-corrected chi connectivity index (χ2v) is 6.68. The fourth-order valence-electron chi connectivity index (χ4n) is 3.90. The maximum absolute atomic E-state index is 5.77. The maximum Gasteiger partial charge on any atom is 0.0398 e. The van der Waals surface area contributed by atoms with Crippen molar-refractivity contribution in [2.45, 2.75) is 51.1 Å². The highest BCUT2D eigenvalue weighted by molar-refractivity contribution is 5.56. The fraction of sp³-hybridized carbons (Fsp3) is 0.667. The summed E-state index contributed by atoms with van der Waals surface area (Å²) in [5, 5.41) is 0. The molecule has 0 radical (unpaired) electrons. The highest BCUT2D eigenvalue weighted by atomic mass is 15.2. The van der Waals surface area contributed by atoms with E-state index in [0.29, 0.717) is 6.54 Å². The Bertz CT molecular complexity index is 472. The quantitative estimate of drug-likeness (QED) is 0.924. The third-order valence-corrected chi connectivity index (χ3v) is 5.25. The lowest BCUT2D eigenvalue weighted by molar-refractivity contribution is 0.177. The molecule has 0 aliphatic carbocycles. The molecule has 116 valence electrons. The summed E-state index contributed by atoms with van der Waals surface area (Å²) >= 11 is 0. The number of piperidine rings is 1. The molecule has 0 saturated carbocycles. The Morgan fingerprint density at radius 2 is 2.10 bits per heavy atom. The topological polar surface area (TPSA) is 32.5 Å². The van der Waals surface area contributed by atoms with Crippen molar-refractivity contribution in [2.24, 2.45) is 5.73 Å². The van der Waals surface area contributed by atoms with Gasteiger partial charge in [-0.15, -0.1) is 0 Å². The molecule has 2 N–H and O–H groups in total. The van der Waals surface area contributed by atoms with E-state index in [1.807, 2.05) is 0 Å². The summed E-state index contributed by atoms with van der Waals surface area (Å²) < 4.78 is 0. The first-order chi connectivity index (χ1) is 10.3. The van der Waals surface area contributed by atoms with E-state index in [9.17, 15) is 0 Å². The smallest absolute Gasteiger partial charge is 0.0398 e. The van der Waals surface area contributed by atoms with Crippen LogP contribution in [0.25, 0.3) is 0 Å². The average molecular weight is 287 g/mol. The summed E-state index contributed by atoms with van der Waals surface area (Å²) in [4.78, 5) is 5.16. The van der Waals surface area contributed by atoms with Crippen LogP contribution in [-0.4, -0.2) is 37.6 Å². The second kappa shape index (κ2) is 6.80. The van der Waals surface area contributed by atoms with Gasteiger partial charge in [0.2, 0.25) is 0 Å². The Labute approximate surface area is 129 Å². The molecule has 1 unspecified atom stereocenters. The lowest BCUT2D eigenvalue weighted by Gasteiger charge is -2.36. The molecular weight excluding hydrogens is 258 g/mol. The predicted octanol–water partition coefficient (Wildman–Crippen LogP) is 2.77. The fourth-order valence-corrected chi connectivity index (χ4v) is 3.90. The highest BCUT2D eigenvalue weighted by Gasteiger charge is 2.22. The van der Waals surface area contributed by atoms with Crippen LogP contribution in [0.3, 0.4) is 0 Å². The molecule has 3 nitrogen and oxygen atoms in total. The molecular formula is C18H29N3. The van der Waals surface area contributed by atoms with E-state index < -0.39 is 0 Å². The molecule has 1 aromatic rings. The van der Waals surface area contributed by atoms with Crippen LogP contribution in [0.2, 0.25) is 0 Å². The summed E-state index contributed by atoms with van der Waals surface area (Å²) in [7, 11) is 2.29. The Morgan fingerprint density at radius 3 is 2.90 bits per heavy atom. The van der Waals surface area contributed by atoms with Crippen LogP contribution in [0.1, 0.15) is 43.2 Å². The number of hydrogen-bond acceptors (Lipinski definition) is 3. The molecule has 3 rings (SSSR count). The monoisotopic (exact) mass is 287 g/mol. The standard InChI is InChI=1S/C18H29N3/c1-20-10-3-2-6-17(20)9-12-21-11-4-5-16-13-15(14-19)7-8-18(16)21/h7-8,13,17H,2-6,9-12,14,19H2,1H3. The first-order valence-electron chi connectivity index (χ1n) is 8.55. The van der Waals surface area contributed by atoms with Crippen molar-refractivity contribution in [3.8, 4) is 0 Å². The van der Waals surface area contributed by atoms with Crippen LogP contribution in [0.4, 0.5) is 5.69 Å². The normalized spacial score (nSPS) is 23.1. The van der Waals surface area contributed by atoms with E-state index in [1.54, 1.807) is 0 Å². The summed E-state index contributed by atoms with van der Waals surface area (Å²) in [6.07, 6.45) is 7.95. The summed E-state index contributed by atoms with van der Waals surface area (Å²) in [6.45, 7) is 4.34. The van der Waals surface area contributed by atoms with Crippen molar-refractivity contribution in [3.63, 3.8) is 0 Å². The van der Waals surface area contributed by atoms with Gasteiger partial charge in [0.25, 0.3) is 0 Å². The number of fused-ring (bicyclic) bond motifs is 1. The van der Waals surface area contributed by atoms with Crippen molar-refractivity contribution in [1.82, 2.24) is 4.90 Å². The number of anilines is 1. The predicted molar refractivity (Wildman–Crippen MR) is 89.8 cm³/mol. The molecule has 2 heterocycles. The molecule has 0 aromatic heterocycles. The van der Waals surface area contributed by atoms with Crippen LogP contribution >= 0.6 is 0 Å². The largest absolute Gasteiger partial charge is 0.371 e. The summed E-state index contributed by atoms with van der Waals surface area (Å²) in [6, 6.07) is 7.59. The number of benzene rings is 1. The van der Waals surface area contributed by atoms with Crippen LogP contribution in [0.15, 0.2) is 18.2 Å². The number of nitrogens with zero attached hydrogens (tertiary/aromatic N) is 2. The van der Waals surface area contributed by atoms with Gasteiger partial charge in [-0.05, 0) is 62.9 Å². The Morgan fingerprint density at radius 1 is 1.19 bits per heavy atom. The average Bonchev–Trinajstić information content (AvgIpc) is 2.53. The Hall–Kier alpha value is -1.06. The van der Waals surface area contributed by atoms with E-state index in [2.05, 4.69) is 35.0 Å². The van der Waals surface area contributed by atoms with Crippen LogP contribution in [-0.2, 0) is 13.0 Å². The molecule has 1 atom stereocenters. The Balaban J connectivity index is 1.65. The van der Waals surface area contributed by atoms with E-state index in [-0.39, 0.29) is 0 Å². The molecule has 1 saturated heterocycles.